The van der Waals surface area contributed by atoms with Gasteiger partial charge >= 0.3 is 19.1 Å². The van der Waals surface area contributed by atoms with E-state index in [0.717, 1.165) is 45.8 Å². The number of pyridine rings is 2. The fraction of sp³-hybridized carbons (Fsp3) is 0.309. The quantitative estimate of drug-likeness (QED) is 0.0316. The van der Waals surface area contributed by atoms with Crippen molar-refractivity contribution in [3.05, 3.63) is 217 Å². The summed E-state index contributed by atoms with van der Waals surface area (Å²) in [4.78, 5) is 62.7. The molecule has 1 amide bonds. The minimum Gasteiger partial charge on any atom is -0.460 e. The van der Waals surface area contributed by atoms with E-state index in [9.17, 15) is 29.4 Å². The molecule has 0 saturated carbocycles. The third kappa shape index (κ3) is 20.4. The molecule has 1 fully saturated rings. The summed E-state index contributed by atoms with van der Waals surface area (Å²) in [5.41, 5.74) is 11.9. The van der Waals surface area contributed by atoms with Gasteiger partial charge in [-0.3, -0.25) is 29.1 Å². The lowest BCUT2D eigenvalue weighted by Crippen LogP contribution is -2.49. The van der Waals surface area contributed by atoms with Gasteiger partial charge in [-0.2, -0.15) is 0 Å². The summed E-state index contributed by atoms with van der Waals surface area (Å²) in [5, 5.41) is 24.1. The van der Waals surface area contributed by atoms with Crippen molar-refractivity contribution < 1.29 is 48.2 Å². The van der Waals surface area contributed by atoms with E-state index in [-0.39, 0.29) is 49.1 Å². The van der Waals surface area contributed by atoms with Crippen LogP contribution in [0, 0.1) is 0 Å². The zero-order valence-electron chi connectivity index (χ0n) is 49.2. The van der Waals surface area contributed by atoms with Gasteiger partial charge in [0.2, 0.25) is 0 Å². The molecule has 5 aromatic carbocycles. The minimum absolute atomic E-state index is 0.00797. The van der Waals surface area contributed by atoms with Crippen LogP contribution in [-0.2, 0) is 34.9 Å². The zero-order valence-corrected chi connectivity index (χ0v) is 49.2. The summed E-state index contributed by atoms with van der Waals surface area (Å²) in [6, 6.07) is 54.1. The summed E-state index contributed by atoms with van der Waals surface area (Å²) in [5.74, 6) is -0.389. The van der Waals surface area contributed by atoms with Crippen molar-refractivity contribution in [2.75, 3.05) is 6.54 Å². The van der Waals surface area contributed by atoms with E-state index < -0.39 is 42.5 Å². The second-order valence-corrected chi connectivity index (χ2v) is 22.5. The molecule has 0 bridgehead atoms. The molecule has 8 aromatic rings. The number of nitrogens with two attached hydrogens (primary N) is 1. The zero-order chi connectivity index (χ0) is 60.8. The first-order valence-electron chi connectivity index (χ1n) is 28.7. The molecule has 4 heterocycles. The van der Waals surface area contributed by atoms with Crippen LogP contribution in [0.4, 0.5) is 0 Å². The number of carbonyl (C=O) groups excluding carboxylic acids is 4. The van der Waals surface area contributed by atoms with Gasteiger partial charge in [-0.1, -0.05) is 140 Å². The van der Waals surface area contributed by atoms with Crippen LogP contribution in [-0.4, -0.2) is 103 Å². The summed E-state index contributed by atoms with van der Waals surface area (Å²) < 4.78 is 24.8. The van der Waals surface area contributed by atoms with Crippen LogP contribution >= 0.6 is 0 Å². The number of Topliss-reactive ketones (excluding diaryl/α,β-unsaturated/α-hetero) is 1. The number of aliphatic hydroxyl groups excluding tert-OH is 2. The first-order valence-corrected chi connectivity index (χ1v) is 28.7. The number of ketones is 1. The van der Waals surface area contributed by atoms with Crippen molar-refractivity contribution in [2.45, 2.75) is 128 Å². The van der Waals surface area contributed by atoms with Crippen molar-refractivity contribution in [2.24, 2.45) is 5.73 Å². The highest BCUT2D eigenvalue weighted by Crippen LogP contribution is 2.37. The predicted molar refractivity (Wildman–Crippen MR) is 330 cm³/mol. The SMILES string of the molecule is CC(C)(C)OC(=O)C[C@H](O)C[C@H](O)CCn1c(-c2ccccc2)nc(-c2ccncc2)c1-c1ccccc1.CC(C)(C)OC(=O)C[C@H]1C[C@@H](CCN)OB(c2ccccc2)O1.O=C(NC(C(=O)c1ccccc1)c1ccncc1)c1ccccc1. The molecule has 1 aliphatic rings. The Morgan fingerprint density at radius 2 is 1.14 bits per heavy atom. The van der Waals surface area contributed by atoms with Crippen LogP contribution in [0.3, 0.4) is 0 Å². The van der Waals surface area contributed by atoms with Gasteiger partial charge in [0.25, 0.3) is 5.91 Å². The van der Waals surface area contributed by atoms with Gasteiger partial charge in [0, 0.05) is 65.3 Å². The molecular weight excluding hydrogens is 1070 g/mol. The Bertz CT molecular complexity index is 3320. The van der Waals surface area contributed by atoms with Gasteiger partial charge in [-0.15, -0.1) is 0 Å². The van der Waals surface area contributed by atoms with Crippen molar-refractivity contribution in [1.29, 1.82) is 0 Å². The summed E-state index contributed by atoms with van der Waals surface area (Å²) >= 11 is 0. The number of amides is 1. The number of ether oxygens (including phenoxy) is 2. The van der Waals surface area contributed by atoms with E-state index >= 15 is 0 Å². The summed E-state index contributed by atoms with van der Waals surface area (Å²) in [6.45, 7) is 11.9. The Balaban J connectivity index is 0.000000192. The van der Waals surface area contributed by atoms with E-state index in [1.165, 1.54) is 0 Å². The molecule has 17 heteroatoms. The standard InChI is InChI=1S/C31H35N3O4.C20H16N2O2.C17H26BNO4/c1-31(2,3)38-27(37)21-26(36)20-25(35)16-19-34-29(23-10-6-4-7-11-23)28(22-14-17-32-18-15-22)33-30(34)24-12-8-5-9-13-24;23-19(16-7-3-1-4-8-16)18(15-11-13-21-14-12-15)22-20(24)17-9-5-2-6-10-17;1-17(2,3)21-16(20)12-15-11-14(9-10-19)22-18(23-15)13-7-5-4-6-8-13/h4-15,17-18,25-26,35-36H,16,19-21H2,1-3H3;1-14,18H,(H,22,24);4-8,14-15H,9-12,19H2,1-3H3/t25-,26-;;14-,15-/m1.1/s1. The Hall–Kier alpha value is -8.45. The largest absolute Gasteiger partial charge is 0.494 e. The molecule has 5 N–H and O–H groups in total. The average Bonchev–Trinajstić information content (AvgIpc) is 2.50. The first kappa shape index (κ1) is 64.1. The van der Waals surface area contributed by atoms with E-state index in [2.05, 4.69) is 19.9 Å². The van der Waals surface area contributed by atoms with Gasteiger partial charge in [0.05, 0.1) is 42.5 Å². The van der Waals surface area contributed by atoms with Gasteiger partial charge in [-0.25, -0.2) is 4.98 Å². The number of aromatic nitrogens is 4. The van der Waals surface area contributed by atoms with Crippen LogP contribution < -0.4 is 16.5 Å². The van der Waals surface area contributed by atoms with Crippen molar-refractivity contribution in [3.63, 3.8) is 0 Å². The highest BCUT2D eigenvalue weighted by Gasteiger charge is 2.37. The molecule has 0 aliphatic carbocycles. The monoisotopic (exact) mass is 1150 g/mol. The van der Waals surface area contributed by atoms with Gasteiger partial charge in [-0.05, 0) is 121 Å². The molecule has 1 aliphatic heterocycles. The topological polar surface area (TPSA) is 227 Å². The van der Waals surface area contributed by atoms with Crippen LogP contribution in [0.1, 0.15) is 112 Å². The van der Waals surface area contributed by atoms with E-state index in [4.69, 9.17) is 29.5 Å². The third-order valence-corrected chi connectivity index (χ3v) is 13.3. The highest BCUT2D eigenvalue weighted by molar-refractivity contribution is 6.61. The molecule has 1 saturated heterocycles. The maximum absolute atomic E-state index is 12.9. The number of hydrogen-bond acceptors (Lipinski definition) is 14. The number of nitrogens with one attached hydrogen (secondary N) is 1. The van der Waals surface area contributed by atoms with Gasteiger partial charge < -0.3 is 44.6 Å². The van der Waals surface area contributed by atoms with Crippen LogP contribution in [0.15, 0.2) is 201 Å². The van der Waals surface area contributed by atoms with Crippen LogP contribution in [0.2, 0.25) is 0 Å². The molecule has 9 rings (SSSR count). The number of hydrogen-bond donors (Lipinski definition) is 4. The number of nitrogens with zero attached hydrogens (tertiary/aromatic N) is 4. The lowest BCUT2D eigenvalue weighted by molar-refractivity contribution is -0.158. The number of imidazole rings is 1. The average molecular weight is 1150 g/mol. The maximum atomic E-state index is 12.9. The lowest BCUT2D eigenvalue weighted by Gasteiger charge is -2.34. The molecule has 5 atom stereocenters. The predicted octanol–water partition coefficient (Wildman–Crippen LogP) is 10.6. The van der Waals surface area contributed by atoms with E-state index in [0.29, 0.717) is 42.6 Å². The third-order valence-electron chi connectivity index (χ3n) is 13.3. The fourth-order valence-electron chi connectivity index (χ4n) is 9.50. The lowest BCUT2D eigenvalue weighted by atomic mass is 9.76. The molecule has 1 unspecified atom stereocenters. The van der Waals surface area contributed by atoms with Crippen molar-refractivity contribution >= 4 is 36.2 Å². The molecule has 85 heavy (non-hydrogen) atoms. The fourth-order valence-corrected chi connectivity index (χ4v) is 9.50. The Labute approximate surface area is 499 Å². The number of rotatable bonds is 20. The normalized spacial score (nSPS) is 15.1. The van der Waals surface area contributed by atoms with E-state index in [1.54, 1.807) is 106 Å². The smallest absolute Gasteiger partial charge is 0.460 e. The van der Waals surface area contributed by atoms with Gasteiger partial charge in [0.1, 0.15) is 23.1 Å². The second-order valence-electron chi connectivity index (χ2n) is 22.5. The van der Waals surface area contributed by atoms with Crippen LogP contribution in [0.5, 0.6) is 0 Å². The highest BCUT2D eigenvalue weighted by atomic mass is 16.6. The maximum Gasteiger partial charge on any atom is 0.494 e. The Morgan fingerprint density at radius 1 is 0.635 bits per heavy atom. The number of esters is 2. The second kappa shape index (κ2) is 31.5. The van der Waals surface area contributed by atoms with Crippen LogP contribution in [0.25, 0.3) is 33.9 Å². The Morgan fingerprint density at radius 3 is 1.71 bits per heavy atom. The molecule has 0 spiro atoms. The van der Waals surface area contributed by atoms with E-state index in [1.807, 2.05) is 136 Å². The molecule has 16 nitrogen and oxygen atoms in total. The molecule has 0 radical (unpaired) electrons. The van der Waals surface area contributed by atoms with Crippen molar-refractivity contribution in [3.8, 4) is 33.9 Å². The molecule has 3 aromatic heterocycles. The minimum atomic E-state index is -0.989. The first-order chi connectivity index (χ1) is 40.8. The summed E-state index contributed by atoms with van der Waals surface area (Å²) in [6.07, 6.45) is 6.60. The van der Waals surface area contributed by atoms with Crippen molar-refractivity contribution in [1.82, 2.24) is 24.8 Å². The number of aliphatic hydroxyl groups is 2. The number of benzene rings is 5. The Kier molecular flexibility index (Phi) is 23.7. The number of carbonyl (C=O) groups is 4. The summed E-state index contributed by atoms with van der Waals surface area (Å²) in [7, 11) is -0.464. The molecular formula is C68H77BN6O10. The molecule has 442 valence electrons. The van der Waals surface area contributed by atoms with Gasteiger partial charge in [0.15, 0.2) is 5.78 Å².